The van der Waals surface area contributed by atoms with Gasteiger partial charge in [0.05, 0.1) is 5.56 Å². The van der Waals surface area contributed by atoms with Gasteiger partial charge in [-0.2, -0.15) is 13.2 Å². The van der Waals surface area contributed by atoms with Crippen molar-refractivity contribution in [2.45, 2.75) is 39.8 Å². The van der Waals surface area contributed by atoms with E-state index < -0.39 is 11.7 Å². The van der Waals surface area contributed by atoms with Crippen molar-refractivity contribution in [3.05, 3.63) is 40.8 Å². The molecular formula is C13H16F3. The molecule has 1 rings (SSSR count). The van der Waals surface area contributed by atoms with E-state index in [0.29, 0.717) is 17.0 Å². The minimum absolute atomic E-state index is 0.129. The Morgan fingerprint density at radius 2 is 1.69 bits per heavy atom. The Kier molecular flexibility index (Phi) is 3.66. The number of benzene rings is 1. The lowest BCUT2D eigenvalue weighted by molar-refractivity contribution is -0.138. The molecule has 0 aliphatic rings. The topological polar surface area (TPSA) is 0 Å². The van der Waals surface area contributed by atoms with Crippen LogP contribution in [0.3, 0.4) is 0 Å². The molecule has 0 fully saturated rings. The molecule has 0 bridgehead atoms. The molecule has 0 amide bonds. The number of alkyl halides is 3. The van der Waals surface area contributed by atoms with Gasteiger partial charge >= 0.3 is 6.18 Å². The molecule has 1 radical (unpaired) electrons. The fourth-order valence-corrected chi connectivity index (χ4v) is 1.78. The van der Waals surface area contributed by atoms with Crippen molar-refractivity contribution in [3.8, 4) is 0 Å². The van der Waals surface area contributed by atoms with E-state index in [2.05, 4.69) is 0 Å². The first-order chi connectivity index (χ1) is 7.25. The predicted molar refractivity (Wildman–Crippen MR) is 59.2 cm³/mol. The number of rotatable bonds is 2. The Balaban J connectivity index is 3.48. The molecule has 0 unspecified atom stereocenters. The molecule has 16 heavy (non-hydrogen) atoms. The van der Waals surface area contributed by atoms with Gasteiger partial charge in [0.1, 0.15) is 0 Å². The summed E-state index contributed by atoms with van der Waals surface area (Å²) >= 11 is 0. The quantitative estimate of drug-likeness (QED) is 0.683. The van der Waals surface area contributed by atoms with Crippen molar-refractivity contribution in [2.75, 3.05) is 0 Å². The average molecular weight is 229 g/mol. The van der Waals surface area contributed by atoms with Gasteiger partial charge in [0.15, 0.2) is 0 Å². The van der Waals surface area contributed by atoms with Crippen LogP contribution in [0.25, 0.3) is 0 Å². The van der Waals surface area contributed by atoms with Crippen molar-refractivity contribution in [1.82, 2.24) is 0 Å². The summed E-state index contributed by atoms with van der Waals surface area (Å²) < 4.78 is 39.0. The van der Waals surface area contributed by atoms with E-state index in [9.17, 15) is 13.2 Å². The maximum absolute atomic E-state index is 13.0. The molecule has 0 heterocycles. The highest BCUT2D eigenvalue weighted by atomic mass is 19.4. The summed E-state index contributed by atoms with van der Waals surface area (Å²) in [5.41, 5.74) is 0.190. The summed E-state index contributed by atoms with van der Waals surface area (Å²) in [5, 5.41) is 0. The zero-order valence-corrected chi connectivity index (χ0v) is 9.94. The Hall–Kier alpha value is -0.990. The van der Waals surface area contributed by atoms with Gasteiger partial charge in [0.25, 0.3) is 0 Å². The van der Waals surface area contributed by atoms with E-state index in [1.807, 2.05) is 0 Å². The molecule has 3 heteroatoms. The second kappa shape index (κ2) is 4.48. The summed E-state index contributed by atoms with van der Waals surface area (Å²) in [4.78, 5) is 0. The fourth-order valence-electron chi connectivity index (χ4n) is 1.78. The van der Waals surface area contributed by atoms with E-state index in [4.69, 9.17) is 0 Å². The van der Waals surface area contributed by atoms with Gasteiger partial charge in [-0.25, -0.2) is 0 Å². The molecule has 0 aliphatic heterocycles. The number of hydrogen-bond acceptors (Lipinski definition) is 0. The molecule has 1 aromatic rings. The van der Waals surface area contributed by atoms with Gasteiger partial charge in [-0.1, -0.05) is 45.9 Å². The van der Waals surface area contributed by atoms with Gasteiger partial charge in [-0.15, -0.1) is 0 Å². The second-order valence-corrected chi connectivity index (χ2v) is 4.42. The highest BCUT2D eigenvalue weighted by Gasteiger charge is 2.36. The Morgan fingerprint density at radius 3 is 2.06 bits per heavy atom. The van der Waals surface area contributed by atoms with Crippen LogP contribution < -0.4 is 0 Å². The van der Waals surface area contributed by atoms with Crippen LogP contribution in [0.2, 0.25) is 0 Å². The number of halogens is 3. The highest BCUT2D eigenvalue weighted by Crippen LogP contribution is 2.39. The van der Waals surface area contributed by atoms with Crippen molar-refractivity contribution < 1.29 is 13.2 Å². The fraction of sp³-hybridized carbons (Fsp3) is 0.462. The van der Waals surface area contributed by atoms with Gasteiger partial charge in [-0.05, 0) is 23.0 Å². The first-order valence-corrected chi connectivity index (χ1v) is 5.25. The van der Waals surface area contributed by atoms with Gasteiger partial charge in [-0.3, -0.25) is 0 Å². The van der Waals surface area contributed by atoms with Crippen LogP contribution in [0.15, 0.2) is 18.2 Å². The summed E-state index contributed by atoms with van der Waals surface area (Å²) in [6.07, 6.45) is -4.28. The molecule has 0 aliphatic carbocycles. The van der Waals surface area contributed by atoms with Crippen molar-refractivity contribution in [3.63, 3.8) is 0 Å². The molecular weight excluding hydrogens is 213 g/mol. The normalized spacial score (nSPS) is 12.6. The molecule has 0 aromatic heterocycles. The first kappa shape index (κ1) is 13.1. The van der Waals surface area contributed by atoms with Crippen LogP contribution in [0.4, 0.5) is 13.2 Å². The van der Waals surface area contributed by atoms with E-state index in [0.717, 1.165) is 0 Å². The standard InChI is InChI=1S/C13H16F3/c1-8(2)10-6-5-7-11(9(3)4)12(10)13(14,15)16/h5-8H,1-4H3. The Morgan fingerprint density at radius 1 is 1.12 bits per heavy atom. The van der Waals surface area contributed by atoms with Crippen molar-refractivity contribution >= 4 is 0 Å². The van der Waals surface area contributed by atoms with Crippen LogP contribution in [0.5, 0.6) is 0 Å². The van der Waals surface area contributed by atoms with E-state index in [-0.39, 0.29) is 5.92 Å². The van der Waals surface area contributed by atoms with Crippen LogP contribution in [0.1, 0.15) is 50.3 Å². The van der Waals surface area contributed by atoms with Crippen molar-refractivity contribution in [1.29, 1.82) is 0 Å². The maximum Gasteiger partial charge on any atom is 0.416 e. The summed E-state index contributed by atoms with van der Waals surface area (Å²) in [5.74, 6) is 0.561. The molecule has 0 atom stereocenters. The lowest BCUT2D eigenvalue weighted by Gasteiger charge is -2.21. The van der Waals surface area contributed by atoms with E-state index in [1.54, 1.807) is 39.8 Å². The highest BCUT2D eigenvalue weighted by molar-refractivity contribution is 5.45. The Labute approximate surface area is 94.5 Å². The monoisotopic (exact) mass is 229 g/mol. The second-order valence-electron chi connectivity index (χ2n) is 4.42. The summed E-state index contributed by atoms with van der Waals surface area (Å²) in [6, 6.07) is 4.77. The SMILES string of the molecule is C[C](C)c1cccc(C(C)C)c1C(F)(F)F. The minimum atomic E-state index is -4.28. The molecule has 0 saturated carbocycles. The third kappa shape index (κ3) is 2.57. The van der Waals surface area contributed by atoms with Gasteiger partial charge in [0, 0.05) is 0 Å². The molecule has 0 N–H and O–H groups in total. The largest absolute Gasteiger partial charge is 0.416 e. The predicted octanol–water partition coefficient (Wildman–Crippen LogP) is 4.79. The van der Waals surface area contributed by atoms with Gasteiger partial charge < -0.3 is 0 Å². The number of hydrogen-bond donors (Lipinski definition) is 0. The average Bonchev–Trinajstić information content (AvgIpc) is 2.15. The van der Waals surface area contributed by atoms with Crippen molar-refractivity contribution in [2.24, 2.45) is 0 Å². The smallest absolute Gasteiger partial charge is 0.166 e. The molecule has 89 valence electrons. The molecule has 0 nitrogen and oxygen atoms in total. The van der Waals surface area contributed by atoms with Crippen LogP contribution in [-0.4, -0.2) is 0 Å². The lowest BCUT2D eigenvalue weighted by Crippen LogP contribution is -2.14. The van der Waals surface area contributed by atoms with Crippen LogP contribution in [-0.2, 0) is 6.18 Å². The minimum Gasteiger partial charge on any atom is -0.166 e. The van der Waals surface area contributed by atoms with Crippen LogP contribution in [0, 0.1) is 5.92 Å². The molecule has 1 aromatic carbocycles. The lowest BCUT2D eigenvalue weighted by atomic mass is 9.88. The van der Waals surface area contributed by atoms with Gasteiger partial charge in [0.2, 0.25) is 0 Å². The zero-order valence-electron chi connectivity index (χ0n) is 9.94. The zero-order chi connectivity index (χ0) is 12.5. The summed E-state index contributed by atoms with van der Waals surface area (Å²) in [7, 11) is 0. The first-order valence-electron chi connectivity index (χ1n) is 5.25. The third-order valence-electron chi connectivity index (χ3n) is 2.54. The van der Waals surface area contributed by atoms with Crippen LogP contribution >= 0.6 is 0 Å². The van der Waals surface area contributed by atoms with E-state index in [1.165, 1.54) is 6.07 Å². The summed E-state index contributed by atoms with van der Waals surface area (Å²) in [6.45, 7) is 6.96. The molecule has 0 saturated heterocycles. The molecule has 0 spiro atoms. The third-order valence-corrected chi connectivity index (χ3v) is 2.54. The Bertz CT molecular complexity index is 336. The maximum atomic E-state index is 13.0. The van der Waals surface area contributed by atoms with E-state index >= 15 is 0 Å².